The first kappa shape index (κ1) is 14.4. The zero-order chi connectivity index (χ0) is 13.7. The SMILES string of the molecule is CCNC(=NCc1ccsc1)N1CC(C)CC(C)C1. The Balaban J connectivity index is 2.03. The quantitative estimate of drug-likeness (QED) is 0.680. The van der Waals surface area contributed by atoms with Gasteiger partial charge in [-0.15, -0.1) is 0 Å². The molecule has 1 aromatic rings. The number of thiophene rings is 1. The van der Waals surface area contributed by atoms with Crippen LogP contribution in [0.4, 0.5) is 0 Å². The first-order chi connectivity index (χ1) is 9.19. The molecular formula is C15H25N3S. The molecule has 1 saturated heterocycles. The Labute approximate surface area is 120 Å². The van der Waals surface area contributed by atoms with Crippen LogP contribution in [0.2, 0.25) is 0 Å². The number of rotatable bonds is 3. The summed E-state index contributed by atoms with van der Waals surface area (Å²) in [6.07, 6.45) is 1.33. The molecule has 0 aliphatic carbocycles. The number of likely N-dealkylation sites (tertiary alicyclic amines) is 1. The molecule has 0 bridgehead atoms. The first-order valence-electron chi connectivity index (χ1n) is 7.23. The van der Waals surface area contributed by atoms with E-state index in [0.717, 1.165) is 44.0 Å². The molecule has 3 nitrogen and oxygen atoms in total. The van der Waals surface area contributed by atoms with Crippen molar-refractivity contribution in [1.29, 1.82) is 0 Å². The summed E-state index contributed by atoms with van der Waals surface area (Å²) in [6.45, 7) is 10.8. The van der Waals surface area contributed by atoms with Crippen LogP contribution in [0.15, 0.2) is 21.8 Å². The summed E-state index contributed by atoms with van der Waals surface area (Å²) in [4.78, 5) is 7.21. The number of hydrogen-bond donors (Lipinski definition) is 1. The highest BCUT2D eigenvalue weighted by Gasteiger charge is 2.23. The van der Waals surface area contributed by atoms with Gasteiger partial charge in [0.2, 0.25) is 0 Å². The fourth-order valence-electron chi connectivity index (χ4n) is 2.81. The highest BCUT2D eigenvalue weighted by molar-refractivity contribution is 7.07. The average molecular weight is 279 g/mol. The smallest absolute Gasteiger partial charge is 0.194 e. The van der Waals surface area contributed by atoms with Crippen LogP contribution in [-0.4, -0.2) is 30.5 Å². The number of nitrogens with zero attached hydrogens (tertiary/aromatic N) is 2. The fraction of sp³-hybridized carbons (Fsp3) is 0.667. The lowest BCUT2D eigenvalue weighted by molar-refractivity contribution is 0.208. The van der Waals surface area contributed by atoms with Gasteiger partial charge in [-0.1, -0.05) is 13.8 Å². The molecule has 0 spiro atoms. The average Bonchev–Trinajstić information content (AvgIpc) is 2.86. The summed E-state index contributed by atoms with van der Waals surface area (Å²) >= 11 is 1.74. The van der Waals surface area contributed by atoms with Gasteiger partial charge in [-0.05, 0) is 47.6 Å². The van der Waals surface area contributed by atoms with E-state index in [1.165, 1.54) is 12.0 Å². The van der Waals surface area contributed by atoms with Crippen molar-refractivity contribution in [3.05, 3.63) is 22.4 Å². The second-order valence-corrected chi connectivity index (χ2v) is 6.43. The van der Waals surface area contributed by atoms with Crippen LogP contribution < -0.4 is 5.32 Å². The Morgan fingerprint density at radius 3 is 2.74 bits per heavy atom. The van der Waals surface area contributed by atoms with Crippen molar-refractivity contribution < 1.29 is 0 Å². The number of hydrogen-bond acceptors (Lipinski definition) is 2. The Morgan fingerprint density at radius 1 is 1.42 bits per heavy atom. The molecule has 0 radical (unpaired) electrons. The summed E-state index contributed by atoms with van der Waals surface area (Å²) < 4.78 is 0. The summed E-state index contributed by atoms with van der Waals surface area (Å²) in [5.41, 5.74) is 1.30. The minimum Gasteiger partial charge on any atom is -0.357 e. The molecule has 2 heterocycles. The fourth-order valence-corrected chi connectivity index (χ4v) is 3.47. The minimum atomic E-state index is 0.758. The normalized spacial score (nSPS) is 24.6. The largest absolute Gasteiger partial charge is 0.357 e. The monoisotopic (exact) mass is 279 g/mol. The topological polar surface area (TPSA) is 27.6 Å². The molecule has 1 N–H and O–H groups in total. The zero-order valence-electron chi connectivity index (χ0n) is 12.2. The van der Waals surface area contributed by atoms with E-state index in [-0.39, 0.29) is 0 Å². The zero-order valence-corrected chi connectivity index (χ0v) is 13.0. The molecule has 1 aliphatic rings. The molecule has 4 heteroatoms. The second-order valence-electron chi connectivity index (χ2n) is 5.65. The van der Waals surface area contributed by atoms with Gasteiger partial charge in [-0.2, -0.15) is 11.3 Å². The Kier molecular flexibility index (Phi) is 5.25. The van der Waals surface area contributed by atoms with Crippen LogP contribution in [0.5, 0.6) is 0 Å². The summed E-state index contributed by atoms with van der Waals surface area (Å²) in [5, 5.41) is 7.72. The van der Waals surface area contributed by atoms with E-state index in [1.807, 2.05) is 0 Å². The van der Waals surface area contributed by atoms with Crippen LogP contribution in [0, 0.1) is 11.8 Å². The molecule has 2 unspecified atom stereocenters. The van der Waals surface area contributed by atoms with Gasteiger partial charge in [0.1, 0.15) is 0 Å². The third-order valence-corrected chi connectivity index (χ3v) is 4.23. The van der Waals surface area contributed by atoms with Gasteiger partial charge < -0.3 is 10.2 Å². The van der Waals surface area contributed by atoms with E-state index >= 15 is 0 Å². The first-order valence-corrected chi connectivity index (χ1v) is 8.17. The third-order valence-electron chi connectivity index (χ3n) is 3.49. The number of nitrogens with one attached hydrogen (secondary N) is 1. The summed E-state index contributed by atoms with van der Waals surface area (Å²) in [7, 11) is 0. The van der Waals surface area contributed by atoms with Crippen LogP contribution in [0.25, 0.3) is 0 Å². The number of piperidine rings is 1. The Morgan fingerprint density at radius 2 is 2.16 bits per heavy atom. The van der Waals surface area contributed by atoms with Gasteiger partial charge in [-0.25, -0.2) is 4.99 Å². The molecular weight excluding hydrogens is 254 g/mol. The lowest BCUT2D eigenvalue weighted by Crippen LogP contribution is -2.48. The standard InChI is InChI=1S/C15H25N3S/c1-4-16-15(17-8-14-5-6-19-11-14)18-9-12(2)7-13(3)10-18/h5-6,11-13H,4,7-10H2,1-3H3,(H,16,17). The van der Waals surface area contributed by atoms with Crippen molar-refractivity contribution >= 4 is 17.3 Å². The van der Waals surface area contributed by atoms with Gasteiger partial charge >= 0.3 is 0 Å². The van der Waals surface area contributed by atoms with E-state index in [1.54, 1.807) is 11.3 Å². The number of aliphatic imine (C=N–C) groups is 1. The molecule has 0 saturated carbocycles. The molecule has 19 heavy (non-hydrogen) atoms. The second kappa shape index (κ2) is 6.94. The maximum absolute atomic E-state index is 4.79. The van der Waals surface area contributed by atoms with Crippen LogP contribution in [0.3, 0.4) is 0 Å². The molecule has 0 aromatic carbocycles. The van der Waals surface area contributed by atoms with E-state index < -0.39 is 0 Å². The molecule has 1 aliphatic heterocycles. The van der Waals surface area contributed by atoms with Crippen molar-refractivity contribution in [2.75, 3.05) is 19.6 Å². The van der Waals surface area contributed by atoms with Crippen molar-refractivity contribution in [3.8, 4) is 0 Å². The molecule has 2 rings (SSSR count). The van der Waals surface area contributed by atoms with E-state index in [9.17, 15) is 0 Å². The van der Waals surface area contributed by atoms with Gasteiger partial charge in [0.05, 0.1) is 6.54 Å². The number of guanidine groups is 1. The maximum Gasteiger partial charge on any atom is 0.194 e. The highest BCUT2D eigenvalue weighted by atomic mass is 32.1. The molecule has 0 amide bonds. The van der Waals surface area contributed by atoms with Crippen molar-refractivity contribution in [3.63, 3.8) is 0 Å². The van der Waals surface area contributed by atoms with Crippen molar-refractivity contribution in [2.45, 2.75) is 33.7 Å². The predicted octanol–water partition coefficient (Wildman–Crippen LogP) is 3.19. The Bertz CT molecular complexity index is 390. The lowest BCUT2D eigenvalue weighted by atomic mass is 9.92. The van der Waals surface area contributed by atoms with E-state index in [0.29, 0.717) is 0 Å². The maximum atomic E-state index is 4.79. The molecule has 1 fully saturated rings. The van der Waals surface area contributed by atoms with Crippen LogP contribution in [0.1, 0.15) is 32.8 Å². The van der Waals surface area contributed by atoms with E-state index in [4.69, 9.17) is 4.99 Å². The predicted molar refractivity (Wildman–Crippen MR) is 83.7 cm³/mol. The van der Waals surface area contributed by atoms with E-state index in [2.05, 4.69) is 47.8 Å². The lowest BCUT2D eigenvalue weighted by Gasteiger charge is -2.37. The summed E-state index contributed by atoms with van der Waals surface area (Å²) in [6, 6.07) is 2.15. The van der Waals surface area contributed by atoms with Crippen LogP contribution >= 0.6 is 11.3 Å². The van der Waals surface area contributed by atoms with Crippen LogP contribution in [-0.2, 0) is 6.54 Å². The molecule has 106 valence electrons. The van der Waals surface area contributed by atoms with Gasteiger partial charge in [0, 0.05) is 19.6 Å². The molecule has 1 aromatic heterocycles. The minimum absolute atomic E-state index is 0.758. The van der Waals surface area contributed by atoms with Gasteiger partial charge in [0.15, 0.2) is 5.96 Å². The Hall–Kier alpha value is -1.03. The van der Waals surface area contributed by atoms with Gasteiger partial charge in [-0.3, -0.25) is 0 Å². The third kappa shape index (κ3) is 4.23. The van der Waals surface area contributed by atoms with Gasteiger partial charge in [0.25, 0.3) is 0 Å². The summed E-state index contributed by atoms with van der Waals surface area (Å²) in [5.74, 6) is 2.59. The molecule has 2 atom stereocenters. The van der Waals surface area contributed by atoms with Crippen molar-refractivity contribution in [2.24, 2.45) is 16.8 Å². The highest BCUT2D eigenvalue weighted by Crippen LogP contribution is 2.21. The van der Waals surface area contributed by atoms with Crippen molar-refractivity contribution in [1.82, 2.24) is 10.2 Å².